The van der Waals surface area contributed by atoms with E-state index in [2.05, 4.69) is 10.4 Å². The Morgan fingerprint density at radius 2 is 1.94 bits per heavy atom. The van der Waals surface area contributed by atoms with Gasteiger partial charge in [-0.05, 0) is 56.7 Å². The minimum Gasteiger partial charge on any atom is -0.348 e. The van der Waals surface area contributed by atoms with Crippen LogP contribution < -0.4 is 11.0 Å². The van der Waals surface area contributed by atoms with E-state index in [1.165, 1.54) is 32.1 Å². The number of amides is 1. The highest BCUT2D eigenvalue weighted by atomic mass is 16.2. The van der Waals surface area contributed by atoms with E-state index in [9.17, 15) is 9.59 Å². The lowest BCUT2D eigenvalue weighted by atomic mass is 9.95. The molecule has 7 heteroatoms. The van der Waals surface area contributed by atoms with Crippen molar-refractivity contribution in [1.29, 1.82) is 0 Å². The van der Waals surface area contributed by atoms with Gasteiger partial charge in [0.2, 0.25) is 0 Å². The van der Waals surface area contributed by atoms with Gasteiger partial charge in [0.05, 0.1) is 17.2 Å². The lowest BCUT2D eigenvalue weighted by molar-refractivity contribution is 0.0951. The number of aromatic nitrogens is 4. The summed E-state index contributed by atoms with van der Waals surface area (Å²) >= 11 is 0. The van der Waals surface area contributed by atoms with E-state index in [-0.39, 0.29) is 17.6 Å². The van der Waals surface area contributed by atoms with Crippen molar-refractivity contribution >= 4 is 16.9 Å². The molecule has 2 heterocycles. The third-order valence-electron chi connectivity index (χ3n) is 6.77. The second-order valence-electron chi connectivity index (χ2n) is 9.09. The molecule has 164 valence electrons. The Kier molecular flexibility index (Phi) is 5.42. The molecular weight excluding hydrogens is 390 g/mol. The molecule has 0 unspecified atom stereocenters. The summed E-state index contributed by atoms with van der Waals surface area (Å²) in [6.07, 6.45) is 11.9. The molecule has 1 aromatic carbocycles. The minimum absolute atomic E-state index is 0.0957. The maximum Gasteiger partial charge on any atom is 0.329 e. The highest BCUT2D eigenvalue weighted by Crippen LogP contribution is 2.33. The molecule has 5 rings (SSSR count). The van der Waals surface area contributed by atoms with Gasteiger partial charge >= 0.3 is 5.69 Å². The van der Waals surface area contributed by atoms with Gasteiger partial charge in [0.1, 0.15) is 0 Å². The first-order valence-electron chi connectivity index (χ1n) is 11.7. The fraction of sp³-hybridized carbons (Fsp3) is 0.542. The maximum atomic E-state index is 13.4. The third-order valence-corrected chi connectivity index (χ3v) is 6.77. The van der Waals surface area contributed by atoms with Crippen LogP contribution in [-0.4, -0.2) is 24.8 Å². The van der Waals surface area contributed by atoms with Gasteiger partial charge in [0.25, 0.3) is 5.91 Å². The van der Waals surface area contributed by atoms with Crippen molar-refractivity contribution in [2.45, 2.75) is 77.5 Å². The summed E-state index contributed by atoms with van der Waals surface area (Å²) in [6.45, 7) is 4.04. The summed E-state index contributed by atoms with van der Waals surface area (Å²) in [7, 11) is 0. The first-order valence-corrected chi connectivity index (χ1v) is 11.7. The molecule has 2 aromatic heterocycles. The van der Waals surface area contributed by atoms with Crippen LogP contribution in [0.4, 0.5) is 0 Å². The van der Waals surface area contributed by atoms with Gasteiger partial charge in [-0.25, -0.2) is 4.79 Å². The van der Waals surface area contributed by atoms with Crippen LogP contribution in [-0.2, 0) is 19.6 Å². The molecule has 31 heavy (non-hydrogen) atoms. The SMILES string of the molecule is CCn1cc(CNC(=O)c2ccc3c(c2)n(CC2CC2)c(=O)n3C2CCCCC2)cn1. The minimum atomic E-state index is -0.123. The van der Waals surface area contributed by atoms with Gasteiger partial charge < -0.3 is 5.32 Å². The third kappa shape index (κ3) is 4.05. The zero-order valence-corrected chi connectivity index (χ0v) is 18.2. The molecule has 0 aliphatic heterocycles. The van der Waals surface area contributed by atoms with E-state index in [1.807, 2.05) is 45.1 Å². The molecule has 0 bridgehead atoms. The zero-order chi connectivity index (χ0) is 21.4. The van der Waals surface area contributed by atoms with Gasteiger partial charge in [0, 0.05) is 43.0 Å². The van der Waals surface area contributed by atoms with Crippen LogP contribution >= 0.6 is 0 Å². The Labute approximate surface area is 182 Å². The number of aryl methyl sites for hydroxylation is 1. The van der Waals surface area contributed by atoms with Gasteiger partial charge in [-0.3, -0.25) is 18.6 Å². The first-order chi connectivity index (χ1) is 15.1. The molecule has 0 saturated heterocycles. The number of nitrogens with one attached hydrogen (secondary N) is 1. The fourth-order valence-electron chi connectivity index (χ4n) is 4.80. The summed E-state index contributed by atoms with van der Waals surface area (Å²) in [6, 6.07) is 6.01. The summed E-state index contributed by atoms with van der Waals surface area (Å²) in [5.41, 5.74) is 3.54. The molecule has 1 N–H and O–H groups in total. The van der Waals surface area contributed by atoms with Crippen molar-refractivity contribution in [3.8, 4) is 0 Å². The van der Waals surface area contributed by atoms with Crippen LogP contribution in [0.15, 0.2) is 35.4 Å². The van der Waals surface area contributed by atoms with Crippen LogP contribution in [0.1, 0.15) is 73.8 Å². The largest absolute Gasteiger partial charge is 0.348 e. The standard InChI is InChI=1S/C24H31N5O2/c1-2-27-15-18(14-26-27)13-25-23(30)19-10-11-21-22(12-19)28(16-17-8-9-17)24(31)29(21)20-6-4-3-5-7-20/h10-12,14-15,17,20H,2-9,13,16H2,1H3,(H,25,30). The van der Waals surface area contributed by atoms with E-state index < -0.39 is 0 Å². The number of hydrogen-bond donors (Lipinski definition) is 1. The predicted molar refractivity (Wildman–Crippen MR) is 120 cm³/mol. The van der Waals surface area contributed by atoms with Gasteiger partial charge in [-0.1, -0.05) is 19.3 Å². The topological polar surface area (TPSA) is 73.8 Å². The van der Waals surface area contributed by atoms with E-state index >= 15 is 0 Å². The highest BCUT2D eigenvalue weighted by Gasteiger charge is 2.27. The summed E-state index contributed by atoms with van der Waals surface area (Å²) < 4.78 is 5.78. The van der Waals surface area contributed by atoms with Crippen molar-refractivity contribution in [2.24, 2.45) is 5.92 Å². The van der Waals surface area contributed by atoms with E-state index in [1.54, 1.807) is 6.20 Å². The molecule has 2 fully saturated rings. The van der Waals surface area contributed by atoms with Crippen LogP contribution in [0.3, 0.4) is 0 Å². The average molecular weight is 422 g/mol. The van der Waals surface area contributed by atoms with Gasteiger partial charge in [-0.2, -0.15) is 5.10 Å². The number of imidazole rings is 1. The van der Waals surface area contributed by atoms with Gasteiger partial charge in [0.15, 0.2) is 0 Å². The maximum absolute atomic E-state index is 13.4. The van der Waals surface area contributed by atoms with Gasteiger partial charge in [-0.15, -0.1) is 0 Å². The molecule has 1 amide bonds. The Bertz CT molecular complexity index is 1140. The van der Waals surface area contributed by atoms with E-state index in [0.29, 0.717) is 18.0 Å². The molecule has 7 nitrogen and oxygen atoms in total. The van der Waals surface area contributed by atoms with Crippen molar-refractivity contribution in [3.63, 3.8) is 0 Å². The lowest BCUT2D eigenvalue weighted by Crippen LogP contribution is -2.29. The number of carbonyl (C=O) groups excluding carboxylic acids is 1. The lowest BCUT2D eigenvalue weighted by Gasteiger charge is -2.23. The average Bonchev–Trinajstić information content (AvgIpc) is 3.43. The second-order valence-corrected chi connectivity index (χ2v) is 9.09. The number of hydrogen-bond acceptors (Lipinski definition) is 3. The predicted octanol–water partition coefficient (Wildman–Crippen LogP) is 3.86. The number of benzene rings is 1. The van der Waals surface area contributed by atoms with Crippen molar-refractivity contribution in [2.75, 3.05) is 0 Å². The summed E-state index contributed by atoms with van der Waals surface area (Å²) in [5, 5.41) is 7.24. The van der Waals surface area contributed by atoms with E-state index in [0.717, 1.165) is 42.5 Å². The smallest absolute Gasteiger partial charge is 0.329 e. The second kappa shape index (κ2) is 8.36. The van der Waals surface area contributed by atoms with E-state index in [4.69, 9.17) is 0 Å². The number of rotatable bonds is 7. The van der Waals surface area contributed by atoms with Crippen LogP contribution in [0.2, 0.25) is 0 Å². The van der Waals surface area contributed by atoms with Crippen molar-refractivity contribution in [3.05, 3.63) is 52.2 Å². The Morgan fingerprint density at radius 1 is 1.13 bits per heavy atom. The number of nitrogens with zero attached hydrogens (tertiary/aromatic N) is 4. The molecule has 0 atom stereocenters. The molecule has 0 radical (unpaired) electrons. The molecule has 3 aromatic rings. The fourth-order valence-corrected chi connectivity index (χ4v) is 4.80. The first kappa shape index (κ1) is 20.1. The Morgan fingerprint density at radius 3 is 2.65 bits per heavy atom. The number of carbonyl (C=O) groups is 1. The quantitative estimate of drug-likeness (QED) is 0.629. The molecular formula is C24H31N5O2. The molecule has 2 saturated carbocycles. The normalized spacial score (nSPS) is 17.3. The zero-order valence-electron chi connectivity index (χ0n) is 18.2. The molecule has 2 aliphatic carbocycles. The van der Waals surface area contributed by atoms with Crippen molar-refractivity contribution < 1.29 is 4.79 Å². The van der Waals surface area contributed by atoms with Crippen LogP contribution in [0.5, 0.6) is 0 Å². The van der Waals surface area contributed by atoms with Crippen molar-refractivity contribution in [1.82, 2.24) is 24.2 Å². The Balaban J connectivity index is 1.44. The highest BCUT2D eigenvalue weighted by molar-refractivity contribution is 5.97. The number of fused-ring (bicyclic) bond motifs is 1. The summed E-state index contributed by atoms with van der Waals surface area (Å²) in [4.78, 5) is 26.2. The molecule has 2 aliphatic rings. The van der Waals surface area contributed by atoms with Crippen LogP contribution in [0.25, 0.3) is 11.0 Å². The monoisotopic (exact) mass is 421 g/mol. The molecule has 0 spiro atoms. The Hall–Kier alpha value is -2.83. The summed E-state index contributed by atoms with van der Waals surface area (Å²) in [5.74, 6) is 0.470. The van der Waals surface area contributed by atoms with Crippen LogP contribution in [0, 0.1) is 5.92 Å².